The molecule has 0 atom stereocenters. The second-order valence-electron chi connectivity index (χ2n) is 3.71. The highest BCUT2D eigenvalue weighted by atomic mass is 127. The molecule has 1 aromatic carbocycles. The molecular formula is C12H14IN3. The number of imidazole rings is 1. The third-order valence-corrected chi connectivity index (χ3v) is 3.32. The van der Waals surface area contributed by atoms with E-state index in [1.807, 2.05) is 13.1 Å². The average molecular weight is 327 g/mol. The van der Waals surface area contributed by atoms with E-state index in [1.165, 1.54) is 9.13 Å². The molecule has 4 heteroatoms. The van der Waals surface area contributed by atoms with Crippen LogP contribution in [0.4, 0.5) is 0 Å². The average Bonchev–Trinajstić information content (AvgIpc) is 2.63. The maximum Gasteiger partial charge on any atom is 0.106 e. The van der Waals surface area contributed by atoms with E-state index >= 15 is 0 Å². The minimum atomic E-state index is 0.533. The van der Waals surface area contributed by atoms with Crippen LogP contribution < -0.4 is 5.73 Å². The molecule has 0 amide bonds. The topological polar surface area (TPSA) is 43.8 Å². The van der Waals surface area contributed by atoms with Crippen molar-refractivity contribution in [2.45, 2.75) is 20.0 Å². The van der Waals surface area contributed by atoms with Gasteiger partial charge < -0.3 is 10.3 Å². The van der Waals surface area contributed by atoms with Crippen molar-refractivity contribution >= 4 is 22.6 Å². The lowest BCUT2D eigenvalue weighted by Crippen LogP contribution is -2.09. The summed E-state index contributed by atoms with van der Waals surface area (Å²) in [5.74, 6) is 1.01. The summed E-state index contributed by atoms with van der Waals surface area (Å²) < 4.78 is 3.41. The largest absolute Gasteiger partial charge is 0.327 e. The van der Waals surface area contributed by atoms with E-state index in [9.17, 15) is 0 Å². The van der Waals surface area contributed by atoms with E-state index in [0.717, 1.165) is 18.1 Å². The summed E-state index contributed by atoms with van der Waals surface area (Å²) in [5.41, 5.74) is 8.03. The fourth-order valence-corrected chi connectivity index (χ4v) is 2.03. The molecule has 0 spiro atoms. The van der Waals surface area contributed by atoms with Gasteiger partial charge in [-0.15, -0.1) is 0 Å². The molecule has 0 aliphatic rings. The molecule has 0 fully saturated rings. The Labute approximate surface area is 109 Å². The van der Waals surface area contributed by atoms with Crippen molar-refractivity contribution in [2.24, 2.45) is 5.73 Å². The van der Waals surface area contributed by atoms with Gasteiger partial charge in [0, 0.05) is 22.9 Å². The van der Waals surface area contributed by atoms with E-state index in [-0.39, 0.29) is 0 Å². The Bertz CT molecular complexity index is 474. The van der Waals surface area contributed by atoms with Gasteiger partial charge in [0.05, 0.1) is 5.69 Å². The zero-order chi connectivity index (χ0) is 11.5. The number of nitrogens with two attached hydrogens (primary N) is 1. The fraction of sp³-hybridized carbons (Fsp3) is 0.250. The Morgan fingerprint density at radius 1 is 1.31 bits per heavy atom. The fourth-order valence-electron chi connectivity index (χ4n) is 1.67. The van der Waals surface area contributed by atoms with Crippen molar-refractivity contribution in [2.75, 3.05) is 0 Å². The normalized spacial score (nSPS) is 10.7. The summed E-state index contributed by atoms with van der Waals surface area (Å²) >= 11 is 2.31. The Balaban J connectivity index is 2.26. The van der Waals surface area contributed by atoms with Crippen LogP contribution in [0.5, 0.6) is 0 Å². The molecule has 1 heterocycles. The first kappa shape index (κ1) is 11.6. The zero-order valence-corrected chi connectivity index (χ0v) is 11.3. The maximum atomic E-state index is 5.68. The molecule has 84 valence electrons. The number of hydrogen-bond donors (Lipinski definition) is 1. The van der Waals surface area contributed by atoms with Crippen LogP contribution in [0, 0.1) is 10.5 Å². The van der Waals surface area contributed by atoms with Crippen molar-refractivity contribution in [1.29, 1.82) is 0 Å². The van der Waals surface area contributed by atoms with E-state index in [2.05, 4.69) is 56.4 Å². The first-order chi connectivity index (χ1) is 7.70. The molecular weight excluding hydrogens is 313 g/mol. The Morgan fingerprint density at radius 2 is 2.00 bits per heavy atom. The Morgan fingerprint density at radius 3 is 2.62 bits per heavy atom. The van der Waals surface area contributed by atoms with Crippen molar-refractivity contribution in [1.82, 2.24) is 9.55 Å². The predicted octanol–water partition coefficient (Wildman–Crippen LogP) is 2.30. The first-order valence-corrected chi connectivity index (χ1v) is 6.24. The second-order valence-corrected chi connectivity index (χ2v) is 4.96. The third kappa shape index (κ3) is 2.44. The third-order valence-electron chi connectivity index (χ3n) is 2.60. The SMILES string of the molecule is Cc1ncc(CN)n1Cc1ccc(I)cc1. The number of hydrogen-bond acceptors (Lipinski definition) is 2. The van der Waals surface area contributed by atoms with Crippen molar-refractivity contribution in [3.8, 4) is 0 Å². The molecule has 0 aliphatic heterocycles. The van der Waals surface area contributed by atoms with Crippen LogP contribution in [-0.4, -0.2) is 9.55 Å². The van der Waals surface area contributed by atoms with Crippen LogP contribution in [0.1, 0.15) is 17.1 Å². The van der Waals surface area contributed by atoms with Crippen molar-refractivity contribution in [3.05, 3.63) is 51.1 Å². The summed E-state index contributed by atoms with van der Waals surface area (Å²) in [7, 11) is 0. The minimum Gasteiger partial charge on any atom is -0.327 e. The molecule has 0 saturated carbocycles. The number of aryl methyl sites for hydroxylation is 1. The molecule has 0 aliphatic carbocycles. The first-order valence-electron chi connectivity index (χ1n) is 5.16. The lowest BCUT2D eigenvalue weighted by Gasteiger charge is -2.09. The van der Waals surface area contributed by atoms with Gasteiger partial charge >= 0.3 is 0 Å². The van der Waals surface area contributed by atoms with Crippen LogP contribution in [0.3, 0.4) is 0 Å². The van der Waals surface area contributed by atoms with E-state index in [4.69, 9.17) is 5.73 Å². The van der Waals surface area contributed by atoms with Gasteiger partial charge in [-0.05, 0) is 47.2 Å². The zero-order valence-electron chi connectivity index (χ0n) is 9.15. The number of benzene rings is 1. The molecule has 3 nitrogen and oxygen atoms in total. The minimum absolute atomic E-state index is 0.533. The molecule has 16 heavy (non-hydrogen) atoms. The quantitative estimate of drug-likeness (QED) is 0.879. The van der Waals surface area contributed by atoms with Crippen LogP contribution in [-0.2, 0) is 13.1 Å². The smallest absolute Gasteiger partial charge is 0.106 e. The van der Waals surface area contributed by atoms with Gasteiger partial charge in [0.15, 0.2) is 0 Å². The second kappa shape index (κ2) is 4.97. The summed E-state index contributed by atoms with van der Waals surface area (Å²) in [6.07, 6.45) is 1.85. The lowest BCUT2D eigenvalue weighted by molar-refractivity contribution is 0.713. The molecule has 1 aromatic heterocycles. The molecule has 0 unspecified atom stereocenters. The lowest BCUT2D eigenvalue weighted by atomic mass is 10.2. The Hall–Kier alpha value is -0.880. The Kier molecular flexibility index (Phi) is 3.60. The highest BCUT2D eigenvalue weighted by molar-refractivity contribution is 14.1. The van der Waals surface area contributed by atoms with Gasteiger partial charge in [0.25, 0.3) is 0 Å². The molecule has 2 aromatic rings. The van der Waals surface area contributed by atoms with Crippen LogP contribution in [0.2, 0.25) is 0 Å². The molecule has 0 saturated heterocycles. The maximum absolute atomic E-state index is 5.68. The molecule has 2 N–H and O–H groups in total. The van der Waals surface area contributed by atoms with E-state index in [0.29, 0.717) is 6.54 Å². The number of aromatic nitrogens is 2. The summed E-state index contributed by atoms with van der Waals surface area (Å²) in [5, 5.41) is 0. The van der Waals surface area contributed by atoms with Crippen molar-refractivity contribution in [3.63, 3.8) is 0 Å². The molecule has 0 bridgehead atoms. The standard InChI is InChI=1S/C12H14IN3/c1-9-15-7-12(6-14)16(9)8-10-2-4-11(13)5-3-10/h2-5,7H,6,8,14H2,1H3. The number of halogens is 1. The van der Waals surface area contributed by atoms with Crippen LogP contribution in [0.25, 0.3) is 0 Å². The van der Waals surface area contributed by atoms with Crippen molar-refractivity contribution < 1.29 is 0 Å². The summed E-state index contributed by atoms with van der Waals surface area (Å²) in [6, 6.07) is 8.51. The highest BCUT2D eigenvalue weighted by Crippen LogP contribution is 2.11. The monoisotopic (exact) mass is 327 g/mol. The van der Waals surface area contributed by atoms with E-state index in [1.54, 1.807) is 0 Å². The molecule has 2 rings (SSSR count). The van der Waals surface area contributed by atoms with Gasteiger partial charge in [-0.2, -0.15) is 0 Å². The van der Waals surface area contributed by atoms with Crippen LogP contribution >= 0.6 is 22.6 Å². The summed E-state index contributed by atoms with van der Waals surface area (Å²) in [6.45, 7) is 3.38. The highest BCUT2D eigenvalue weighted by Gasteiger charge is 2.05. The van der Waals surface area contributed by atoms with Gasteiger partial charge in [-0.25, -0.2) is 4.98 Å². The van der Waals surface area contributed by atoms with Gasteiger partial charge in [-0.3, -0.25) is 0 Å². The predicted molar refractivity (Wildman–Crippen MR) is 73.1 cm³/mol. The number of nitrogens with zero attached hydrogens (tertiary/aromatic N) is 2. The van der Waals surface area contributed by atoms with Crippen LogP contribution in [0.15, 0.2) is 30.5 Å². The van der Waals surface area contributed by atoms with E-state index < -0.39 is 0 Å². The van der Waals surface area contributed by atoms with Gasteiger partial charge in [0.2, 0.25) is 0 Å². The van der Waals surface area contributed by atoms with Gasteiger partial charge in [-0.1, -0.05) is 12.1 Å². The van der Waals surface area contributed by atoms with Gasteiger partial charge in [0.1, 0.15) is 5.82 Å². The number of rotatable bonds is 3. The molecule has 0 radical (unpaired) electrons. The summed E-state index contributed by atoms with van der Waals surface area (Å²) in [4.78, 5) is 4.28.